The number of likely N-dealkylation sites (tertiary alicyclic amines) is 1. The Morgan fingerprint density at radius 1 is 1.36 bits per heavy atom. The van der Waals surface area contributed by atoms with Crippen LogP contribution in [0.5, 0.6) is 0 Å². The largest absolute Gasteiger partial charge is 0.305 e. The van der Waals surface area contributed by atoms with Crippen LogP contribution in [0.25, 0.3) is 0 Å². The maximum absolute atomic E-state index is 2.55. The van der Waals surface area contributed by atoms with Crippen molar-refractivity contribution in [3.63, 3.8) is 0 Å². The summed E-state index contributed by atoms with van der Waals surface area (Å²) >= 11 is 0. The van der Waals surface area contributed by atoms with Gasteiger partial charge in [0.2, 0.25) is 0 Å². The summed E-state index contributed by atoms with van der Waals surface area (Å²) in [5.41, 5.74) is 0. The van der Waals surface area contributed by atoms with E-state index in [0.717, 1.165) is 12.1 Å². The van der Waals surface area contributed by atoms with Gasteiger partial charge in [-0.05, 0) is 34.4 Å². The molecular weight excluding hydrogens is 136 g/mol. The summed E-state index contributed by atoms with van der Waals surface area (Å²) in [7, 11) is 4.35. The number of rotatable bonds is 2. The van der Waals surface area contributed by atoms with E-state index in [-0.39, 0.29) is 0 Å². The van der Waals surface area contributed by atoms with Gasteiger partial charge in [0.1, 0.15) is 0 Å². The van der Waals surface area contributed by atoms with Crippen molar-refractivity contribution in [2.24, 2.45) is 0 Å². The molecule has 1 saturated heterocycles. The lowest BCUT2D eigenvalue weighted by Gasteiger charge is -2.22. The van der Waals surface area contributed by atoms with Gasteiger partial charge in [-0.25, -0.2) is 0 Å². The maximum Gasteiger partial charge on any atom is 0.0229 e. The van der Waals surface area contributed by atoms with Gasteiger partial charge in [0.25, 0.3) is 0 Å². The summed E-state index contributed by atoms with van der Waals surface area (Å²) in [5, 5.41) is 0. The van der Waals surface area contributed by atoms with Gasteiger partial charge in [-0.15, -0.1) is 0 Å². The lowest BCUT2D eigenvalue weighted by atomic mass is 10.2. The van der Waals surface area contributed by atoms with Crippen LogP contribution in [0.1, 0.15) is 20.3 Å². The number of likely N-dealkylation sites (N-methyl/N-ethyl adjacent to an activating group) is 1. The van der Waals surface area contributed by atoms with Gasteiger partial charge >= 0.3 is 0 Å². The third-order valence-corrected chi connectivity index (χ3v) is 2.66. The van der Waals surface area contributed by atoms with E-state index >= 15 is 0 Å². The SMILES string of the molecule is CC(C)N1CC[C@@H](N(C)C)C1. The Kier molecular flexibility index (Phi) is 2.90. The van der Waals surface area contributed by atoms with Crippen LogP contribution >= 0.6 is 0 Å². The molecule has 1 aliphatic rings. The first-order chi connectivity index (χ1) is 5.11. The molecule has 66 valence electrons. The Morgan fingerprint density at radius 3 is 2.27 bits per heavy atom. The summed E-state index contributed by atoms with van der Waals surface area (Å²) in [6.07, 6.45) is 1.34. The van der Waals surface area contributed by atoms with Crippen molar-refractivity contribution in [3.8, 4) is 0 Å². The lowest BCUT2D eigenvalue weighted by molar-refractivity contribution is 0.237. The molecule has 0 aromatic rings. The van der Waals surface area contributed by atoms with E-state index in [1.807, 2.05) is 0 Å². The minimum Gasteiger partial charge on any atom is -0.305 e. The highest BCUT2D eigenvalue weighted by molar-refractivity contribution is 4.82. The molecule has 0 aromatic heterocycles. The van der Waals surface area contributed by atoms with Crippen LogP contribution in [0.3, 0.4) is 0 Å². The first-order valence-electron chi connectivity index (χ1n) is 4.51. The zero-order valence-electron chi connectivity index (χ0n) is 8.17. The van der Waals surface area contributed by atoms with Crippen LogP contribution in [0.15, 0.2) is 0 Å². The molecule has 1 heterocycles. The normalized spacial score (nSPS) is 27.3. The highest BCUT2D eigenvalue weighted by atomic mass is 15.2. The fourth-order valence-corrected chi connectivity index (χ4v) is 1.66. The van der Waals surface area contributed by atoms with Gasteiger partial charge in [-0.1, -0.05) is 0 Å². The van der Waals surface area contributed by atoms with E-state index < -0.39 is 0 Å². The fraction of sp³-hybridized carbons (Fsp3) is 1.00. The highest BCUT2D eigenvalue weighted by Gasteiger charge is 2.24. The van der Waals surface area contributed by atoms with Crippen LogP contribution in [0, 0.1) is 0 Å². The zero-order valence-corrected chi connectivity index (χ0v) is 8.17. The summed E-state index contributed by atoms with van der Waals surface area (Å²) in [5.74, 6) is 0. The molecule has 2 nitrogen and oxygen atoms in total. The second-order valence-electron chi connectivity index (χ2n) is 3.99. The van der Waals surface area contributed by atoms with Crippen molar-refractivity contribution in [1.82, 2.24) is 9.80 Å². The third-order valence-electron chi connectivity index (χ3n) is 2.66. The third kappa shape index (κ3) is 2.17. The first-order valence-corrected chi connectivity index (χ1v) is 4.51. The van der Waals surface area contributed by atoms with Gasteiger partial charge in [0, 0.05) is 25.2 Å². The molecule has 2 heteroatoms. The minimum atomic E-state index is 0.722. The van der Waals surface area contributed by atoms with Crippen LogP contribution in [-0.2, 0) is 0 Å². The standard InChI is InChI=1S/C9H20N2/c1-8(2)11-6-5-9(7-11)10(3)4/h8-9H,5-7H2,1-4H3/t9-/m1/s1. The van der Waals surface area contributed by atoms with Crippen molar-refractivity contribution in [2.45, 2.75) is 32.4 Å². The Bertz CT molecular complexity index is 107. The number of hydrogen-bond acceptors (Lipinski definition) is 2. The predicted molar refractivity (Wildman–Crippen MR) is 48.8 cm³/mol. The van der Waals surface area contributed by atoms with E-state index in [1.54, 1.807) is 0 Å². The molecule has 1 fully saturated rings. The minimum absolute atomic E-state index is 0.722. The van der Waals surface area contributed by atoms with Crippen molar-refractivity contribution in [1.29, 1.82) is 0 Å². The molecule has 11 heavy (non-hydrogen) atoms. The topological polar surface area (TPSA) is 6.48 Å². The molecule has 1 aliphatic heterocycles. The van der Waals surface area contributed by atoms with Crippen molar-refractivity contribution in [2.75, 3.05) is 27.2 Å². The van der Waals surface area contributed by atoms with Crippen molar-refractivity contribution < 1.29 is 0 Å². The van der Waals surface area contributed by atoms with E-state index in [4.69, 9.17) is 0 Å². The van der Waals surface area contributed by atoms with E-state index in [0.29, 0.717) is 0 Å². The summed E-state index contributed by atoms with van der Waals surface area (Å²) in [6, 6.07) is 1.51. The monoisotopic (exact) mass is 156 g/mol. The van der Waals surface area contributed by atoms with Crippen LogP contribution in [-0.4, -0.2) is 49.1 Å². The Labute approximate surface area is 70.2 Å². The van der Waals surface area contributed by atoms with Gasteiger partial charge in [-0.2, -0.15) is 0 Å². The predicted octanol–water partition coefficient (Wildman–Crippen LogP) is 1.03. The molecule has 0 N–H and O–H groups in total. The van der Waals surface area contributed by atoms with Crippen molar-refractivity contribution in [3.05, 3.63) is 0 Å². The Balaban J connectivity index is 2.35. The fourth-order valence-electron chi connectivity index (χ4n) is 1.66. The molecular formula is C9H20N2. The lowest BCUT2D eigenvalue weighted by Crippen LogP contribution is -2.34. The maximum atomic E-state index is 2.55. The molecule has 0 aromatic carbocycles. The average molecular weight is 156 g/mol. The smallest absolute Gasteiger partial charge is 0.0229 e. The molecule has 0 radical (unpaired) electrons. The van der Waals surface area contributed by atoms with E-state index in [1.165, 1.54) is 19.5 Å². The summed E-state index contributed by atoms with van der Waals surface area (Å²) in [4.78, 5) is 4.88. The molecule has 0 saturated carbocycles. The van der Waals surface area contributed by atoms with E-state index in [9.17, 15) is 0 Å². The van der Waals surface area contributed by atoms with E-state index in [2.05, 4.69) is 37.7 Å². The average Bonchev–Trinajstić information content (AvgIpc) is 2.33. The van der Waals surface area contributed by atoms with Gasteiger partial charge < -0.3 is 4.90 Å². The van der Waals surface area contributed by atoms with Crippen LogP contribution in [0.2, 0.25) is 0 Å². The number of hydrogen-bond donors (Lipinski definition) is 0. The first kappa shape index (κ1) is 9.01. The number of nitrogens with zero attached hydrogens (tertiary/aromatic N) is 2. The summed E-state index contributed by atoms with van der Waals surface area (Å²) < 4.78 is 0. The second-order valence-corrected chi connectivity index (χ2v) is 3.99. The van der Waals surface area contributed by atoms with Gasteiger partial charge in [0.05, 0.1) is 0 Å². The molecule has 1 rings (SSSR count). The highest BCUT2D eigenvalue weighted by Crippen LogP contribution is 2.15. The van der Waals surface area contributed by atoms with Gasteiger partial charge in [0.15, 0.2) is 0 Å². The molecule has 0 amide bonds. The Morgan fingerprint density at radius 2 is 2.00 bits per heavy atom. The molecule has 0 bridgehead atoms. The van der Waals surface area contributed by atoms with Crippen molar-refractivity contribution >= 4 is 0 Å². The van der Waals surface area contributed by atoms with Gasteiger partial charge in [-0.3, -0.25) is 4.90 Å². The zero-order chi connectivity index (χ0) is 8.43. The molecule has 0 spiro atoms. The Hall–Kier alpha value is -0.0800. The molecule has 0 unspecified atom stereocenters. The summed E-state index contributed by atoms with van der Waals surface area (Å²) in [6.45, 7) is 7.08. The second kappa shape index (κ2) is 3.55. The molecule has 1 atom stereocenters. The van der Waals surface area contributed by atoms with Crippen LogP contribution in [0.4, 0.5) is 0 Å². The van der Waals surface area contributed by atoms with Crippen LogP contribution < -0.4 is 0 Å². The quantitative estimate of drug-likeness (QED) is 0.589. The molecule has 0 aliphatic carbocycles.